The van der Waals surface area contributed by atoms with Crippen LogP contribution in [0.4, 0.5) is 11.4 Å². The van der Waals surface area contributed by atoms with Gasteiger partial charge in [-0.15, -0.1) is 0 Å². The van der Waals surface area contributed by atoms with E-state index < -0.39 is 22.5 Å². The number of hydrogen-bond acceptors (Lipinski definition) is 5. The molecule has 0 fully saturated rings. The Hall–Kier alpha value is -4.01. The average Bonchev–Trinajstić information content (AvgIpc) is 3.26. The highest BCUT2D eigenvalue weighted by atomic mass is 35.5. The zero-order valence-corrected chi connectivity index (χ0v) is 21.4. The van der Waals surface area contributed by atoms with Gasteiger partial charge in [-0.2, -0.15) is 0 Å². The summed E-state index contributed by atoms with van der Waals surface area (Å²) >= 11 is 5.95. The van der Waals surface area contributed by atoms with Crippen molar-refractivity contribution < 1.29 is 22.4 Å². The van der Waals surface area contributed by atoms with Crippen LogP contribution in [-0.4, -0.2) is 27.5 Å². The first-order valence-corrected chi connectivity index (χ1v) is 13.4. The van der Waals surface area contributed by atoms with E-state index in [1.807, 2.05) is 37.3 Å². The summed E-state index contributed by atoms with van der Waals surface area (Å²) in [6.45, 7) is 1.89. The lowest BCUT2D eigenvalue weighted by Crippen LogP contribution is -2.38. The van der Waals surface area contributed by atoms with Crippen LogP contribution in [-0.2, 0) is 14.8 Å². The number of halogens is 1. The first-order valence-electron chi connectivity index (χ1n) is 11.6. The molecular formula is C28H23ClN2O5S. The summed E-state index contributed by atoms with van der Waals surface area (Å²) in [7, 11) is -4.08. The fourth-order valence-corrected chi connectivity index (χ4v) is 5.61. The van der Waals surface area contributed by atoms with Crippen molar-refractivity contribution in [2.24, 2.45) is 0 Å². The molecule has 0 radical (unpaired) electrons. The Morgan fingerprint density at radius 2 is 1.62 bits per heavy atom. The number of para-hydroxylation sites is 1. The molecule has 37 heavy (non-hydrogen) atoms. The molecule has 5 aromatic rings. The van der Waals surface area contributed by atoms with Crippen molar-refractivity contribution >= 4 is 60.8 Å². The van der Waals surface area contributed by atoms with Crippen molar-refractivity contribution in [3.63, 3.8) is 0 Å². The maximum atomic E-state index is 13.6. The van der Waals surface area contributed by atoms with E-state index in [9.17, 15) is 13.2 Å². The van der Waals surface area contributed by atoms with Gasteiger partial charge in [-0.3, -0.25) is 9.10 Å². The van der Waals surface area contributed by atoms with Crippen LogP contribution in [0.2, 0.25) is 5.02 Å². The molecule has 0 atom stereocenters. The number of anilines is 2. The van der Waals surface area contributed by atoms with Crippen LogP contribution in [0.15, 0.2) is 100 Å². The number of benzene rings is 4. The maximum absolute atomic E-state index is 13.6. The summed E-state index contributed by atoms with van der Waals surface area (Å²) in [5, 5.41) is 5.10. The topological polar surface area (TPSA) is 88.8 Å². The van der Waals surface area contributed by atoms with Crippen LogP contribution in [0.3, 0.4) is 0 Å². The minimum absolute atomic E-state index is 0.0160. The molecule has 4 aromatic carbocycles. The predicted molar refractivity (Wildman–Crippen MR) is 146 cm³/mol. The second-order valence-electron chi connectivity index (χ2n) is 8.25. The Labute approximate surface area is 219 Å². The molecule has 0 aliphatic carbocycles. The van der Waals surface area contributed by atoms with Crippen molar-refractivity contribution in [3.8, 4) is 5.75 Å². The molecule has 0 aliphatic heterocycles. The molecule has 1 amide bonds. The molecule has 5 rings (SSSR count). The maximum Gasteiger partial charge on any atom is 0.264 e. The monoisotopic (exact) mass is 534 g/mol. The van der Waals surface area contributed by atoms with Gasteiger partial charge in [0.15, 0.2) is 0 Å². The molecule has 1 N–H and O–H groups in total. The minimum atomic E-state index is -4.08. The number of amides is 1. The first-order chi connectivity index (χ1) is 17.8. The standard InChI is InChI=1S/C28H23ClN2O5S/c1-2-35-22-12-10-21(11-13-22)31(37(33,34)23-14-7-19(29)8-15-23)18-28(32)30-20-9-16-25-24-5-3-4-6-26(24)36-27(25)17-20/h3-17H,2,18H2,1H3,(H,30,32). The molecule has 1 aromatic heterocycles. The number of furan rings is 1. The predicted octanol–water partition coefficient (Wildman–Crippen LogP) is 6.47. The van der Waals surface area contributed by atoms with E-state index in [1.54, 1.807) is 36.4 Å². The SMILES string of the molecule is CCOc1ccc(N(CC(=O)Nc2ccc3c(c2)oc2ccccc23)S(=O)(=O)c2ccc(Cl)cc2)cc1. The fraction of sp³-hybridized carbons (Fsp3) is 0.107. The third kappa shape index (κ3) is 5.12. The van der Waals surface area contributed by atoms with Gasteiger partial charge < -0.3 is 14.5 Å². The van der Waals surface area contributed by atoms with Gasteiger partial charge in [-0.25, -0.2) is 8.42 Å². The smallest absolute Gasteiger partial charge is 0.264 e. The quantitative estimate of drug-likeness (QED) is 0.246. The number of sulfonamides is 1. The van der Waals surface area contributed by atoms with Gasteiger partial charge in [0.2, 0.25) is 5.91 Å². The van der Waals surface area contributed by atoms with Gasteiger partial charge in [-0.1, -0.05) is 29.8 Å². The largest absolute Gasteiger partial charge is 0.494 e. The molecule has 0 unspecified atom stereocenters. The number of rotatable bonds is 8. The van der Waals surface area contributed by atoms with E-state index >= 15 is 0 Å². The number of hydrogen-bond donors (Lipinski definition) is 1. The molecule has 0 bridgehead atoms. The highest BCUT2D eigenvalue weighted by molar-refractivity contribution is 7.92. The lowest BCUT2D eigenvalue weighted by molar-refractivity contribution is -0.114. The van der Waals surface area contributed by atoms with Crippen LogP contribution in [0.1, 0.15) is 6.92 Å². The number of ether oxygens (including phenoxy) is 1. The summed E-state index contributed by atoms with van der Waals surface area (Å²) in [6.07, 6.45) is 0. The average molecular weight is 535 g/mol. The molecule has 0 spiro atoms. The number of carbonyl (C=O) groups excluding carboxylic acids is 1. The van der Waals surface area contributed by atoms with Crippen LogP contribution in [0.5, 0.6) is 5.75 Å². The Balaban J connectivity index is 1.44. The second-order valence-corrected chi connectivity index (χ2v) is 10.5. The number of fused-ring (bicyclic) bond motifs is 3. The Bertz CT molecular complexity index is 1680. The number of carbonyl (C=O) groups is 1. The Kier molecular flexibility index (Phi) is 6.78. The second kappa shape index (κ2) is 10.2. The van der Waals surface area contributed by atoms with Gasteiger partial charge in [0.1, 0.15) is 23.5 Å². The lowest BCUT2D eigenvalue weighted by atomic mass is 10.1. The molecule has 7 nitrogen and oxygen atoms in total. The molecular weight excluding hydrogens is 512 g/mol. The molecule has 1 heterocycles. The molecule has 0 aliphatic rings. The van der Waals surface area contributed by atoms with E-state index in [4.69, 9.17) is 20.8 Å². The van der Waals surface area contributed by atoms with E-state index in [0.717, 1.165) is 20.7 Å². The van der Waals surface area contributed by atoms with Crippen LogP contribution in [0, 0.1) is 0 Å². The number of nitrogens with zero attached hydrogens (tertiary/aromatic N) is 1. The summed E-state index contributed by atoms with van der Waals surface area (Å²) in [4.78, 5) is 13.1. The van der Waals surface area contributed by atoms with Crippen molar-refractivity contribution in [2.45, 2.75) is 11.8 Å². The van der Waals surface area contributed by atoms with Gasteiger partial charge in [-0.05, 0) is 73.7 Å². The summed E-state index contributed by atoms with van der Waals surface area (Å²) < 4.78 is 39.6. The number of nitrogens with one attached hydrogen (secondary N) is 1. The van der Waals surface area contributed by atoms with Crippen LogP contribution in [0.25, 0.3) is 21.9 Å². The van der Waals surface area contributed by atoms with Gasteiger partial charge in [0, 0.05) is 27.5 Å². The van der Waals surface area contributed by atoms with Gasteiger partial charge in [0.05, 0.1) is 17.2 Å². The summed E-state index contributed by atoms with van der Waals surface area (Å²) in [5.74, 6) is 0.0839. The van der Waals surface area contributed by atoms with Gasteiger partial charge >= 0.3 is 0 Å². The third-order valence-corrected chi connectivity index (χ3v) is 7.83. The molecule has 0 saturated carbocycles. The zero-order valence-electron chi connectivity index (χ0n) is 19.8. The van der Waals surface area contributed by atoms with Crippen molar-refractivity contribution in [1.29, 1.82) is 0 Å². The molecule has 188 valence electrons. The van der Waals surface area contributed by atoms with E-state index in [2.05, 4.69) is 5.32 Å². The van der Waals surface area contributed by atoms with E-state index in [1.165, 1.54) is 24.3 Å². The van der Waals surface area contributed by atoms with Gasteiger partial charge in [0.25, 0.3) is 10.0 Å². The van der Waals surface area contributed by atoms with E-state index in [0.29, 0.717) is 34.3 Å². The normalized spacial score (nSPS) is 11.5. The van der Waals surface area contributed by atoms with Crippen molar-refractivity contribution in [2.75, 3.05) is 22.8 Å². The van der Waals surface area contributed by atoms with Crippen molar-refractivity contribution in [3.05, 3.63) is 96.0 Å². The van der Waals surface area contributed by atoms with Crippen molar-refractivity contribution in [1.82, 2.24) is 0 Å². The third-order valence-electron chi connectivity index (χ3n) is 5.79. The summed E-state index contributed by atoms with van der Waals surface area (Å²) in [5.41, 5.74) is 2.18. The Morgan fingerprint density at radius 1 is 0.919 bits per heavy atom. The first kappa shape index (κ1) is 24.7. The molecule has 9 heteroatoms. The highest BCUT2D eigenvalue weighted by Gasteiger charge is 2.27. The fourth-order valence-electron chi connectivity index (χ4n) is 4.06. The van der Waals surface area contributed by atoms with Crippen LogP contribution < -0.4 is 14.4 Å². The zero-order chi connectivity index (χ0) is 26.0. The van der Waals surface area contributed by atoms with E-state index in [-0.39, 0.29) is 4.90 Å². The van der Waals surface area contributed by atoms with Crippen LogP contribution >= 0.6 is 11.6 Å². The summed E-state index contributed by atoms with van der Waals surface area (Å²) in [6, 6.07) is 25.4. The minimum Gasteiger partial charge on any atom is -0.494 e. The highest BCUT2D eigenvalue weighted by Crippen LogP contribution is 2.31. The lowest BCUT2D eigenvalue weighted by Gasteiger charge is -2.24. The molecule has 0 saturated heterocycles. The Morgan fingerprint density at radius 3 is 2.35 bits per heavy atom.